The summed E-state index contributed by atoms with van der Waals surface area (Å²) < 4.78 is 21.2. The second kappa shape index (κ2) is 7.76. The monoisotopic (exact) mass is 388 g/mol. The lowest BCUT2D eigenvalue weighted by molar-refractivity contribution is 0.00659. The van der Waals surface area contributed by atoms with Gasteiger partial charge in [-0.25, -0.2) is 13.7 Å². The number of hydrogen-bond acceptors (Lipinski definition) is 4. The molecule has 1 amide bonds. The number of aliphatic hydroxyl groups is 1. The van der Waals surface area contributed by atoms with Gasteiger partial charge in [-0.2, -0.15) is 0 Å². The number of ether oxygens (including phenoxy) is 1. The fourth-order valence-corrected chi connectivity index (χ4v) is 5.05. The first-order valence-electron chi connectivity index (χ1n) is 9.65. The quantitative estimate of drug-likeness (QED) is 0.779. The van der Waals surface area contributed by atoms with E-state index < -0.39 is 16.6 Å². The van der Waals surface area contributed by atoms with Crippen LogP contribution in [0, 0.1) is 11.3 Å². The molecule has 1 aliphatic carbocycles. The lowest BCUT2D eigenvalue weighted by atomic mass is 9.73. The van der Waals surface area contributed by atoms with Crippen LogP contribution in [0.5, 0.6) is 0 Å². The molecule has 1 saturated carbocycles. The first-order valence-corrected chi connectivity index (χ1v) is 10.8. The molecule has 0 aromatic rings. The molecule has 1 saturated heterocycles. The number of nitrogens with one attached hydrogen (secondary N) is 1. The summed E-state index contributed by atoms with van der Waals surface area (Å²) in [5.41, 5.74) is -0.498. The molecule has 3 atom stereocenters. The molecule has 6 nitrogen and oxygen atoms in total. The van der Waals surface area contributed by atoms with Crippen molar-refractivity contribution in [2.24, 2.45) is 11.3 Å². The van der Waals surface area contributed by atoms with Gasteiger partial charge in [-0.3, -0.25) is 0 Å². The van der Waals surface area contributed by atoms with Gasteiger partial charge in [0, 0.05) is 25.7 Å². The van der Waals surface area contributed by atoms with Gasteiger partial charge in [0.15, 0.2) is 0 Å². The van der Waals surface area contributed by atoms with Crippen LogP contribution in [0.15, 0.2) is 0 Å². The summed E-state index contributed by atoms with van der Waals surface area (Å²) in [7, 11) is -1.17. The third-order valence-electron chi connectivity index (χ3n) is 5.58. The number of likely N-dealkylation sites (tertiary alicyclic amines) is 1. The highest BCUT2D eigenvalue weighted by Gasteiger charge is 2.51. The zero-order chi connectivity index (χ0) is 19.8. The second-order valence-corrected chi connectivity index (χ2v) is 11.8. The Bertz CT molecular complexity index is 531. The number of nitrogens with zero attached hydrogens (tertiary/aromatic N) is 1. The van der Waals surface area contributed by atoms with Crippen molar-refractivity contribution in [3.63, 3.8) is 0 Å². The zero-order valence-corrected chi connectivity index (χ0v) is 17.9. The Labute approximate surface area is 160 Å². The van der Waals surface area contributed by atoms with Crippen molar-refractivity contribution in [3.8, 4) is 0 Å². The number of piperidine rings is 1. The van der Waals surface area contributed by atoms with Crippen LogP contribution in [-0.4, -0.2) is 56.4 Å². The summed E-state index contributed by atoms with van der Waals surface area (Å²) in [5, 5.41) is 9.81. The minimum Gasteiger partial charge on any atom is -0.444 e. The van der Waals surface area contributed by atoms with Crippen LogP contribution < -0.4 is 4.72 Å². The van der Waals surface area contributed by atoms with E-state index in [1.54, 1.807) is 4.90 Å². The van der Waals surface area contributed by atoms with E-state index in [-0.39, 0.29) is 34.8 Å². The summed E-state index contributed by atoms with van der Waals surface area (Å²) in [5.74, 6) is 0.120. The van der Waals surface area contributed by atoms with Crippen LogP contribution in [0.2, 0.25) is 0 Å². The Hall–Kier alpha value is -0.660. The highest BCUT2D eigenvalue weighted by molar-refractivity contribution is 7.84. The molecule has 26 heavy (non-hydrogen) atoms. The van der Waals surface area contributed by atoms with Gasteiger partial charge in [-0.05, 0) is 78.6 Å². The summed E-state index contributed by atoms with van der Waals surface area (Å²) in [6.45, 7) is 12.9. The molecule has 2 N–H and O–H groups in total. The lowest BCUT2D eigenvalue weighted by Crippen LogP contribution is -2.54. The van der Waals surface area contributed by atoms with Crippen molar-refractivity contribution in [1.29, 1.82) is 0 Å². The fraction of sp³-hybridized carbons (Fsp3) is 0.947. The molecule has 2 fully saturated rings. The van der Waals surface area contributed by atoms with Gasteiger partial charge < -0.3 is 14.7 Å². The molecule has 1 heterocycles. The predicted molar refractivity (Wildman–Crippen MR) is 104 cm³/mol. The highest BCUT2D eigenvalue weighted by atomic mass is 32.2. The van der Waals surface area contributed by atoms with Gasteiger partial charge in [0.1, 0.15) is 5.60 Å². The van der Waals surface area contributed by atoms with Gasteiger partial charge >= 0.3 is 6.09 Å². The largest absolute Gasteiger partial charge is 0.444 e. The first-order chi connectivity index (χ1) is 11.9. The summed E-state index contributed by atoms with van der Waals surface area (Å²) in [4.78, 5) is 14.1. The van der Waals surface area contributed by atoms with Crippen LogP contribution in [0.3, 0.4) is 0 Å². The maximum Gasteiger partial charge on any atom is 0.410 e. The van der Waals surface area contributed by atoms with Gasteiger partial charge in [-0.15, -0.1) is 0 Å². The predicted octanol–water partition coefficient (Wildman–Crippen LogP) is 2.83. The van der Waals surface area contributed by atoms with Crippen molar-refractivity contribution in [2.45, 2.75) is 83.6 Å². The first kappa shape index (κ1) is 21.6. The maximum atomic E-state index is 12.7. The van der Waals surface area contributed by atoms with Crippen molar-refractivity contribution >= 4 is 17.1 Å². The average Bonchev–Trinajstić information content (AvgIpc) is 2.83. The van der Waals surface area contributed by atoms with E-state index in [0.717, 1.165) is 25.7 Å². The van der Waals surface area contributed by atoms with Crippen molar-refractivity contribution in [3.05, 3.63) is 0 Å². The van der Waals surface area contributed by atoms with Crippen LogP contribution in [0.25, 0.3) is 0 Å². The van der Waals surface area contributed by atoms with Gasteiger partial charge in [0.2, 0.25) is 0 Å². The number of hydrogen-bond donors (Lipinski definition) is 2. The zero-order valence-electron chi connectivity index (χ0n) is 17.1. The molecule has 1 aliphatic heterocycles. The Morgan fingerprint density at radius 3 is 2.23 bits per heavy atom. The molecule has 2 aliphatic rings. The molecular weight excluding hydrogens is 352 g/mol. The summed E-state index contributed by atoms with van der Waals surface area (Å²) in [6, 6.07) is 0.0216. The van der Waals surface area contributed by atoms with E-state index in [0.29, 0.717) is 13.1 Å². The Morgan fingerprint density at radius 1 is 1.19 bits per heavy atom. The van der Waals surface area contributed by atoms with E-state index >= 15 is 0 Å². The molecule has 0 aromatic carbocycles. The Kier molecular flexibility index (Phi) is 6.46. The highest BCUT2D eigenvalue weighted by Crippen LogP contribution is 2.49. The summed E-state index contributed by atoms with van der Waals surface area (Å²) >= 11 is 0. The van der Waals surface area contributed by atoms with Gasteiger partial charge in [-0.1, -0.05) is 0 Å². The molecular formula is C19H36N2O4S. The Morgan fingerprint density at radius 2 is 1.77 bits per heavy atom. The van der Waals surface area contributed by atoms with Crippen molar-refractivity contribution in [1.82, 2.24) is 9.62 Å². The topological polar surface area (TPSA) is 78.9 Å². The summed E-state index contributed by atoms with van der Waals surface area (Å²) in [6.07, 6.45) is 3.37. The third-order valence-corrected chi connectivity index (χ3v) is 7.16. The SMILES string of the molecule is CC(C)(C)OC(=O)N1CCC2(CCC(CO)C2NS(=O)C(C)(C)C)CC1. The Balaban J connectivity index is 2.06. The van der Waals surface area contributed by atoms with E-state index in [9.17, 15) is 14.1 Å². The van der Waals surface area contributed by atoms with Crippen LogP contribution in [0.4, 0.5) is 4.79 Å². The molecule has 0 aromatic heterocycles. The third kappa shape index (κ3) is 4.98. The number of carbonyl (C=O) groups excluding carboxylic acids is 1. The standard InChI is InChI=1S/C19H36N2O4S/c1-17(2,3)25-16(23)21-11-9-19(10-12-21)8-7-14(13-22)15(19)20-26(24)18(4,5)6/h14-15,20,22H,7-13H2,1-6H3. The molecule has 2 rings (SSSR count). The van der Waals surface area contributed by atoms with Gasteiger partial charge in [0.05, 0.1) is 15.7 Å². The van der Waals surface area contributed by atoms with Crippen molar-refractivity contribution < 1.29 is 18.8 Å². The normalized spacial score (nSPS) is 27.6. The molecule has 0 bridgehead atoms. The van der Waals surface area contributed by atoms with Crippen LogP contribution >= 0.6 is 0 Å². The maximum absolute atomic E-state index is 12.7. The number of amides is 1. The number of aliphatic hydroxyl groups excluding tert-OH is 1. The minimum atomic E-state index is -1.17. The van der Waals surface area contributed by atoms with Crippen LogP contribution in [-0.2, 0) is 15.7 Å². The fourth-order valence-electron chi connectivity index (χ4n) is 4.03. The second-order valence-electron chi connectivity index (χ2n) is 9.79. The molecule has 1 spiro atoms. The molecule has 0 radical (unpaired) electrons. The lowest BCUT2D eigenvalue weighted by Gasteiger charge is -2.44. The molecule has 7 heteroatoms. The van der Waals surface area contributed by atoms with E-state index in [4.69, 9.17) is 4.74 Å². The molecule has 152 valence electrons. The van der Waals surface area contributed by atoms with Gasteiger partial charge in [0.25, 0.3) is 0 Å². The van der Waals surface area contributed by atoms with E-state index in [1.807, 2.05) is 41.5 Å². The number of carbonyl (C=O) groups is 1. The smallest absolute Gasteiger partial charge is 0.410 e. The average molecular weight is 389 g/mol. The molecule has 3 unspecified atom stereocenters. The van der Waals surface area contributed by atoms with E-state index in [1.165, 1.54) is 0 Å². The van der Waals surface area contributed by atoms with E-state index in [2.05, 4.69) is 4.72 Å². The number of rotatable bonds is 3. The van der Waals surface area contributed by atoms with Crippen molar-refractivity contribution in [2.75, 3.05) is 19.7 Å². The van der Waals surface area contributed by atoms with Crippen LogP contribution in [0.1, 0.15) is 67.2 Å². The minimum absolute atomic E-state index is 0.00712.